The molecule has 1 amide bonds. The number of nitrogens with one attached hydrogen (secondary N) is 1. The minimum absolute atomic E-state index is 0.278. The molecule has 124 valence electrons. The summed E-state index contributed by atoms with van der Waals surface area (Å²) in [6, 6.07) is 20.0. The number of nitrogens with zero attached hydrogens (tertiary/aromatic N) is 1. The van der Waals surface area contributed by atoms with Gasteiger partial charge in [0.2, 0.25) is 0 Å². The third-order valence-electron chi connectivity index (χ3n) is 3.75. The maximum absolute atomic E-state index is 12.3. The van der Waals surface area contributed by atoms with E-state index in [0.717, 1.165) is 16.3 Å². The second kappa shape index (κ2) is 7.40. The predicted octanol–water partition coefficient (Wildman–Crippen LogP) is 3.39. The van der Waals surface area contributed by atoms with Crippen molar-refractivity contribution in [2.45, 2.75) is 0 Å². The molecule has 0 aliphatic heterocycles. The van der Waals surface area contributed by atoms with Gasteiger partial charge in [-0.25, -0.2) is 10.2 Å². The molecular formula is C20H16N2O3. The van der Waals surface area contributed by atoms with E-state index in [2.05, 4.69) is 15.3 Å². The number of carbonyl (C=O) groups excluding carboxylic acids is 2. The second-order valence-corrected chi connectivity index (χ2v) is 5.34. The zero-order valence-electron chi connectivity index (χ0n) is 13.6. The Hall–Kier alpha value is -3.47. The van der Waals surface area contributed by atoms with Gasteiger partial charge in [0.05, 0.1) is 18.9 Å². The lowest BCUT2D eigenvalue weighted by Crippen LogP contribution is -2.17. The van der Waals surface area contributed by atoms with Gasteiger partial charge in [-0.1, -0.05) is 48.5 Å². The number of fused-ring (bicyclic) bond motifs is 1. The van der Waals surface area contributed by atoms with Crippen molar-refractivity contribution in [2.24, 2.45) is 5.10 Å². The highest BCUT2D eigenvalue weighted by atomic mass is 16.5. The van der Waals surface area contributed by atoms with Gasteiger partial charge >= 0.3 is 5.97 Å². The summed E-state index contributed by atoms with van der Waals surface area (Å²) in [4.78, 5) is 23.7. The monoisotopic (exact) mass is 332 g/mol. The number of hydrogen-bond acceptors (Lipinski definition) is 4. The molecule has 0 atom stereocenters. The Balaban J connectivity index is 1.71. The van der Waals surface area contributed by atoms with Gasteiger partial charge in [0, 0.05) is 5.56 Å². The summed E-state index contributed by atoms with van der Waals surface area (Å²) >= 11 is 0. The van der Waals surface area contributed by atoms with Crippen LogP contribution in [0.5, 0.6) is 0 Å². The van der Waals surface area contributed by atoms with E-state index in [1.807, 2.05) is 36.4 Å². The average Bonchev–Trinajstić information content (AvgIpc) is 2.67. The minimum atomic E-state index is -0.396. The topological polar surface area (TPSA) is 67.8 Å². The molecule has 0 saturated carbocycles. The molecule has 0 unspecified atom stereocenters. The van der Waals surface area contributed by atoms with Crippen LogP contribution in [0.25, 0.3) is 10.8 Å². The zero-order valence-corrected chi connectivity index (χ0v) is 13.6. The highest BCUT2D eigenvalue weighted by Crippen LogP contribution is 2.18. The SMILES string of the molecule is COC(=O)c1ccc(/C=N\NC(=O)c2cccc3ccccc23)cc1. The molecule has 0 heterocycles. The Bertz CT molecular complexity index is 941. The number of rotatable bonds is 4. The van der Waals surface area contributed by atoms with Crippen LogP contribution in [0.15, 0.2) is 71.8 Å². The van der Waals surface area contributed by atoms with E-state index in [1.54, 1.807) is 30.3 Å². The van der Waals surface area contributed by atoms with Crippen LogP contribution in [-0.4, -0.2) is 25.2 Å². The van der Waals surface area contributed by atoms with E-state index in [1.165, 1.54) is 13.3 Å². The summed E-state index contributed by atoms with van der Waals surface area (Å²) in [7, 11) is 1.33. The zero-order chi connectivity index (χ0) is 17.6. The number of benzene rings is 3. The third kappa shape index (κ3) is 3.72. The van der Waals surface area contributed by atoms with E-state index < -0.39 is 5.97 Å². The first kappa shape index (κ1) is 16.4. The lowest BCUT2D eigenvalue weighted by atomic mass is 10.0. The Morgan fingerprint density at radius 3 is 2.44 bits per heavy atom. The molecule has 5 heteroatoms. The highest BCUT2D eigenvalue weighted by Gasteiger charge is 2.08. The van der Waals surface area contributed by atoms with E-state index in [4.69, 9.17) is 0 Å². The molecule has 0 aliphatic rings. The summed E-state index contributed by atoms with van der Waals surface area (Å²) in [5, 5.41) is 5.85. The molecule has 25 heavy (non-hydrogen) atoms. The van der Waals surface area contributed by atoms with E-state index in [-0.39, 0.29) is 5.91 Å². The maximum Gasteiger partial charge on any atom is 0.337 e. The Kier molecular flexibility index (Phi) is 4.85. The van der Waals surface area contributed by atoms with Crippen molar-refractivity contribution in [2.75, 3.05) is 7.11 Å². The minimum Gasteiger partial charge on any atom is -0.465 e. The van der Waals surface area contributed by atoms with Gasteiger partial charge in [-0.05, 0) is 34.5 Å². The third-order valence-corrected chi connectivity index (χ3v) is 3.75. The molecule has 0 aromatic heterocycles. The molecule has 5 nitrogen and oxygen atoms in total. The summed E-state index contributed by atoms with van der Waals surface area (Å²) in [5.41, 5.74) is 4.31. The quantitative estimate of drug-likeness (QED) is 0.452. The van der Waals surface area contributed by atoms with Crippen molar-refractivity contribution in [3.8, 4) is 0 Å². The fourth-order valence-corrected chi connectivity index (χ4v) is 2.47. The summed E-state index contributed by atoms with van der Waals surface area (Å²) < 4.78 is 4.64. The fourth-order valence-electron chi connectivity index (χ4n) is 2.47. The van der Waals surface area contributed by atoms with Crippen molar-refractivity contribution < 1.29 is 14.3 Å². The second-order valence-electron chi connectivity index (χ2n) is 5.34. The standard InChI is InChI=1S/C20H16N2O3/c1-25-20(24)16-11-9-14(10-12-16)13-21-22-19(23)18-8-4-6-15-5-2-3-7-17(15)18/h2-13H,1H3,(H,22,23)/b21-13-. The molecule has 0 spiro atoms. The van der Waals surface area contributed by atoms with Gasteiger partial charge in [-0.2, -0.15) is 5.10 Å². The predicted molar refractivity (Wildman–Crippen MR) is 96.8 cm³/mol. The summed E-state index contributed by atoms with van der Waals surface area (Å²) in [6.45, 7) is 0. The molecule has 1 N–H and O–H groups in total. The molecular weight excluding hydrogens is 316 g/mol. The molecule has 3 rings (SSSR count). The largest absolute Gasteiger partial charge is 0.465 e. The van der Waals surface area contributed by atoms with Gasteiger partial charge in [-0.3, -0.25) is 4.79 Å². The van der Waals surface area contributed by atoms with E-state index in [9.17, 15) is 9.59 Å². The van der Waals surface area contributed by atoms with Crippen LogP contribution in [0, 0.1) is 0 Å². The number of carbonyl (C=O) groups is 2. The smallest absolute Gasteiger partial charge is 0.337 e. The first-order valence-electron chi connectivity index (χ1n) is 7.68. The molecule has 0 bridgehead atoms. The van der Waals surface area contributed by atoms with Gasteiger partial charge in [0.15, 0.2) is 0 Å². The van der Waals surface area contributed by atoms with Crippen LogP contribution in [0.4, 0.5) is 0 Å². The normalized spacial score (nSPS) is 10.8. The number of hydrazone groups is 1. The van der Waals surface area contributed by atoms with Crippen LogP contribution in [0.2, 0.25) is 0 Å². The Morgan fingerprint density at radius 2 is 1.68 bits per heavy atom. The summed E-state index contributed by atoms with van der Waals surface area (Å²) in [5.74, 6) is -0.674. The van der Waals surface area contributed by atoms with Gasteiger partial charge < -0.3 is 4.74 Å². The molecule has 0 fully saturated rings. The molecule has 3 aromatic carbocycles. The average molecular weight is 332 g/mol. The van der Waals surface area contributed by atoms with Crippen LogP contribution in [0.1, 0.15) is 26.3 Å². The van der Waals surface area contributed by atoms with Crippen molar-refractivity contribution in [3.63, 3.8) is 0 Å². The Labute approximate surface area is 144 Å². The van der Waals surface area contributed by atoms with Gasteiger partial charge in [0.1, 0.15) is 0 Å². The van der Waals surface area contributed by atoms with Crippen molar-refractivity contribution in [1.29, 1.82) is 0 Å². The highest BCUT2D eigenvalue weighted by molar-refractivity contribution is 6.07. The van der Waals surface area contributed by atoms with Crippen LogP contribution >= 0.6 is 0 Å². The lowest BCUT2D eigenvalue weighted by Gasteiger charge is -2.04. The van der Waals surface area contributed by atoms with Crippen LogP contribution < -0.4 is 5.43 Å². The number of amides is 1. The molecule has 0 aliphatic carbocycles. The number of hydrogen-bond donors (Lipinski definition) is 1. The van der Waals surface area contributed by atoms with E-state index in [0.29, 0.717) is 11.1 Å². The van der Waals surface area contributed by atoms with Crippen molar-refractivity contribution in [3.05, 3.63) is 83.4 Å². The van der Waals surface area contributed by atoms with Crippen LogP contribution in [-0.2, 0) is 4.74 Å². The number of esters is 1. The Morgan fingerprint density at radius 1 is 0.960 bits per heavy atom. The first-order valence-corrected chi connectivity index (χ1v) is 7.68. The maximum atomic E-state index is 12.3. The molecule has 3 aromatic rings. The van der Waals surface area contributed by atoms with Crippen molar-refractivity contribution >= 4 is 28.9 Å². The number of ether oxygens (including phenoxy) is 1. The van der Waals surface area contributed by atoms with Gasteiger partial charge in [-0.15, -0.1) is 0 Å². The first-order chi connectivity index (χ1) is 12.2. The fraction of sp³-hybridized carbons (Fsp3) is 0.0500. The molecule has 0 radical (unpaired) electrons. The van der Waals surface area contributed by atoms with E-state index >= 15 is 0 Å². The lowest BCUT2D eigenvalue weighted by molar-refractivity contribution is 0.0600. The van der Waals surface area contributed by atoms with Crippen LogP contribution in [0.3, 0.4) is 0 Å². The van der Waals surface area contributed by atoms with Gasteiger partial charge in [0.25, 0.3) is 5.91 Å². The van der Waals surface area contributed by atoms with Crippen molar-refractivity contribution in [1.82, 2.24) is 5.43 Å². The summed E-state index contributed by atoms with van der Waals surface area (Å²) in [6.07, 6.45) is 1.52. The number of methoxy groups -OCH3 is 1. The molecule has 0 saturated heterocycles.